The van der Waals surface area contributed by atoms with Crippen LogP contribution in [0, 0.1) is 6.92 Å². The third kappa shape index (κ3) is 2.22. The van der Waals surface area contributed by atoms with Gasteiger partial charge in [0.2, 0.25) is 0 Å². The zero-order valence-corrected chi connectivity index (χ0v) is 11.7. The molecule has 0 saturated heterocycles. The van der Waals surface area contributed by atoms with Crippen molar-refractivity contribution >= 4 is 11.5 Å². The number of rotatable bonds is 5. The molecule has 0 amide bonds. The van der Waals surface area contributed by atoms with Crippen molar-refractivity contribution in [3.05, 3.63) is 29.1 Å². The van der Waals surface area contributed by atoms with Crippen molar-refractivity contribution in [3.63, 3.8) is 0 Å². The quantitative estimate of drug-likeness (QED) is 0.819. The van der Waals surface area contributed by atoms with Crippen LogP contribution < -0.4 is 5.73 Å². The summed E-state index contributed by atoms with van der Waals surface area (Å²) in [5.41, 5.74) is 10.8. The van der Waals surface area contributed by atoms with Crippen molar-refractivity contribution in [2.75, 3.05) is 5.73 Å². The molecule has 2 heterocycles. The van der Waals surface area contributed by atoms with Crippen LogP contribution >= 0.6 is 0 Å². The summed E-state index contributed by atoms with van der Waals surface area (Å²) in [7, 11) is 0. The highest BCUT2D eigenvalue weighted by Crippen LogP contribution is 2.22. The molecular formula is C15H23N3. The van der Waals surface area contributed by atoms with Gasteiger partial charge in [-0.3, -0.25) is 4.40 Å². The molecule has 0 unspecified atom stereocenters. The number of aryl methyl sites for hydroxylation is 3. The van der Waals surface area contributed by atoms with E-state index in [0.717, 1.165) is 18.5 Å². The van der Waals surface area contributed by atoms with E-state index in [4.69, 9.17) is 5.73 Å². The van der Waals surface area contributed by atoms with E-state index in [-0.39, 0.29) is 0 Å². The van der Waals surface area contributed by atoms with Crippen molar-refractivity contribution in [1.29, 1.82) is 0 Å². The maximum atomic E-state index is 6.10. The Morgan fingerprint density at radius 2 is 2.00 bits per heavy atom. The highest BCUT2D eigenvalue weighted by atomic mass is 15.1. The van der Waals surface area contributed by atoms with Crippen LogP contribution in [0.5, 0.6) is 0 Å². The fourth-order valence-corrected chi connectivity index (χ4v) is 2.49. The van der Waals surface area contributed by atoms with Gasteiger partial charge in [-0.2, -0.15) is 0 Å². The number of anilines is 1. The molecule has 98 valence electrons. The molecule has 0 spiro atoms. The van der Waals surface area contributed by atoms with E-state index in [0.29, 0.717) is 5.82 Å². The number of nitrogens with zero attached hydrogens (tertiary/aromatic N) is 2. The summed E-state index contributed by atoms with van der Waals surface area (Å²) in [4.78, 5) is 4.56. The Labute approximate surface area is 109 Å². The average molecular weight is 245 g/mol. The van der Waals surface area contributed by atoms with Gasteiger partial charge in [0.1, 0.15) is 11.5 Å². The van der Waals surface area contributed by atoms with E-state index in [1.54, 1.807) is 0 Å². The molecular weight excluding hydrogens is 222 g/mol. The van der Waals surface area contributed by atoms with E-state index < -0.39 is 0 Å². The van der Waals surface area contributed by atoms with Crippen LogP contribution in [0.3, 0.4) is 0 Å². The Morgan fingerprint density at radius 1 is 1.22 bits per heavy atom. The van der Waals surface area contributed by atoms with E-state index in [2.05, 4.69) is 42.3 Å². The molecule has 0 bridgehead atoms. The van der Waals surface area contributed by atoms with Gasteiger partial charge in [0.15, 0.2) is 0 Å². The van der Waals surface area contributed by atoms with E-state index in [1.807, 2.05) is 0 Å². The van der Waals surface area contributed by atoms with Gasteiger partial charge in [0.05, 0.1) is 5.69 Å². The Balaban J connectivity index is 2.48. The molecule has 2 N–H and O–H groups in total. The molecule has 2 rings (SSSR count). The lowest BCUT2D eigenvalue weighted by Crippen LogP contribution is -2.01. The molecule has 0 saturated carbocycles. The van der Waals surface area contributed by atoms with Gasteiger partial charge in [-0.15, -0.1) is 0 Å². The van der Waals surface area contributed by atoms with Crippen LogP contribution in [0.25, 0.3) is 5.65 Å². The summed E-state index contributed by atoms with van der Waals surface area (Å²) in [6, 6.07) is 4.32. The minimum atomic E-state index is 0.704. The standard InChI is InChI=1S/C15H23N3/c1-4-6-7-8-13-14(16)17-15-12(5-2)10-9-11(3)18(13)15/h9-10H,4-8,16H2,1-3H3. The third-order valence-corrected chi connectivity index (χ3v) is 3.57. The maximum absolute atomic E-state index is 6.10. The summed E-state index contributed by atoms with van der Waals surface area (Å²) in [6.45, 7) is 6.50. The number of hydrogen-bond donors (Lipinski definition) is 1. The van der Waals surface area contributed by atoms with Crippen molar-refractivity contribution in [1.82, 2.24) is 9.38 Å². The average Bonchev–Trinajstić information content (AvgIpc) is 2.68. The number of pyridine rings is 1. The lowest BCUT2D eigenvalue weighted by Gasteiger charge is -2.08. The fourth-order valence-electron chi connectivity index (χ4n) is 2.49. The van der Waals surface area contributed by atoms with Gasteiger partial charge in [0.25, 0.3) is 0 Å². The van der Waals surface area contributed by atoms with Gasteiger partial charge in [-0.05, 0) is 37.8 Å². The maximum Gasteiger partial charge on any atom is 0.145 e. The summed E-state index contributed by atoms with van der Waals surface area (Å²) >= 11 is 0. The van der Waals surface area contributed by atoms with Crippen molar-refractivity contribution in [2.24, 2.45) is 0 Å². The molecule has 2 aromatic heterocycles. The van der Waals surface area contributed by atoms with Crippen molar-refractivity contribution in [2.45, 2.75) is 52.9 Å². The summed E-state index contributed by atoms with van der Waals surface area (Å²) in [6.07, 6.45) is 5.68. The van der Waals surface area contributed by atoms with Crippen LogP contribution in [0.15, 0.2) is 12.1 Å². The third-order valence-electron chi connectivity index (χ3n) is 3.57. The normalized spacial score (nSPS) is 11.3. The van der Waals surface area contributed by atoms with Gasteiger partial charge in [-0.25, -0.2) is 4.98 Å². The summed E-state index contributed by atoms with van der Waals surface area (Å²) in [5, 5.41) is 0. The topological polar surface area (TPSA) is 43.3 Å². The van der Waals surface area contributed by atoms with Crippen LogP contribution in [0.2, 0.25) is 0 Å². The SMILES string of the molecule is CCCCCc1c(N)nc2c(CC)ccc(C)n12. The Kier molecular flexibility index (Phi) is 3.90. The fraction of sp³-hybridized carbons (Fsp3) is 0.533. The van der Waals surface area contributed by atoms with Crippen LogP contribution in [-0.4, -0.2) is 9.38 Å². The number of hydrogen-bond acceptors (Lipinski definition) is 2. The highest BCUT2D eigenvalue weighted by molar-refractivity contribution is 5.58. The Morgan fingerprint density at radius 3 is 2.67 bits per heavy atom. The number of unbranched alkanes of at least 4 members (excludes halogenated alkanes) is 2. The van der Waals surface area contributed by atoms with Gasteiger partial charge in [0, 0.05) is 5.69 Å². The van der Waals surface area contributed by atoms with Gasteiger partial charge in [-0.1, -0.05) is 32.8 Å². The second-order valence-electron chi connectivity index (χ2n) is 4.91. The van der Waals surface area contributed by atoms with E-state index in [9.17, 15) is 0 Å². The molecule has 0 atom stereocenters. The zero-order valence-electron chi connectivity index (χ0n) is 11.7. The molecule has 0 aliphatic carbocycles. The summed E-state index contributed by atoms with van der Waals surface area (Å²) < 4.78 is 2.24. The molecule has 3 nitrogen and oxygen atoms in total. The number of nitrogens with two attached hydrogens (primary N) is 1. The second kappa shape index (κ2) is 5.42. The first-order valence-corrected chi connectivity index (χ1v) is 6.94. The largest absolute Gasteiger partial charge is 0.382 e. The molecule has 0 fully saturated rings. The first-order valence-electron chi connectivity index (χ1n) is 6.94. The first kappa shape index (κ1) is 12.9. The summed E-state index contributed by atoms with van der Waals surface area (Å²) in [5.74, 6) is 0.704. The lowest BCUT2D eigenvalue weighted by molar-refractivity contribution is 0.703. The smallest absolute Gasteiger partial charge is 0.145 e. The van der Waals surface area contributed by atoms with Gasteiger partial charge < -0.3 is 5.73 Å². The molecule has 2 aromatic rings. The van der Waals surface area contributed by atoms with E-state index >= 15 is 0 Å². The van der Waals surface area contributed by atoms with Crippen molar-refractivity contribution < 1.29 is 0 Å². The second-order valence-corrected chi connectivity index (χ2v) is 4.91. The number of fused-ring (bicyclic) bond motifs is 1. The zero-order chi connectivity index (χ0) is 13.1. The Hall–Kier alpha value is -1.51. The van der Waals surface area contributed by atoms with Crippen LogP contribution in [-0.2, 0) is 12.8 Å². The van der Waals surface area contributed by atoms with E-state index in [1.165, 1.54) is 36.2 Å². The monoisotopic (exact) mass is 245 g/mol. The Bertz CT molecular complexity index is 540. The van der Waals surface area contributed by atoms with Crippen LogP contribution in [0.1, 0.15) is 50.1 Å². The first-order chi connectivity index (χ1) is 8.69. The molecule has 0 aliphatic heterocycles. The highest BCUT2D eigenvalue weighted by Gasteiger charge is 2.13. The molecule has 3 heteroatoms. The molecule has 0 aromatic carbocycles. The molecule has 18 heavy (non-hydrogen) atoms. The predicted octanol–water partition coefficient (Wildman–Crippen LogP) is 3.52. The van der Waals surface area contributed by atoms with Crippen molar-refractivity contribution in [3.8, 4) is 0 Å². The lowest BCUT2D eigenvalue weighted by atomic mass is 10.1. The molecule has 0 radical (unpaired) electrons. The van der Waals surface area contributed by atoms with Gasteiger partial charge >= 0.3 is 0 Å². The molecule has 0 aliphatic rings. The number of imidazole rings is 1. The predicted molar refractivity (Wildman–Crippen MR) is 76.9 cm³/mol. The van der Waals surface area contributed by atoms with Crippen LogP contribution in [0.4, 0.5) is 5.82 Å². The number of aromatic nitrogens is 2. The minimum Gasteiger partial charge on any atom is -0.382 e. The minimum absolute atomic E-state index is 0.704. The number of nitrogen functional groups attached to an aromatic ring is 1.